The van der Waals surface area contributed by atoms with E-state index in [1.807, 2.05) is 24.1 Å². The summed E-state index contributed by atoms with van der Waals surface area (Å²) in [4.78, 5) is 29.1. The fourth-order valence-corrected chi connectivity index (χ4v) is 6.34. The van der Waals surface area contributed by atoms with Gasteiger partial charge < -0.3 is 24.5 Å². The standard InChI is InChI=1S/C30H34FN7O3/c1-35-13-11-24(31)27(35)19-41-29-33-25-18-36(26-8-4-6-20-5-2-3-7-22(20)26)14-10-23(25)28(34-29)37-15-16-38(30(39)40)21(17-37)9-12-32/h2-8,21,24,27H,9-11,13-19H2,1H3,(H,39,40)/t21?,24-,27-/m1/s1. The summed E-state index contributed by atoms with van der Waals surface area (Å²) in [5.41, 5.74) is 2.99. The summed E-state index contributed by atoms with van der Waals surface area (Å²) < 4.78 is 20.6. The number of aromatic nitrogens is 2. The van der Waals surface area contributed by atoms with E-state index in [-0.39, 0.29) is 31.6 Å². The number of likely N-dealkylation sites (tertiary alicyclic amines) is 1. The lowest BCUT2D eigenvalue weighted by molar-refractivity contribution is 0.118. The minimum absolute atomic E-state index is 0.0974. The molecule has 0 saturated carbocycles. The highest BCUT2D eigenvalue weighted by Gasteiger charge is 2.35. The summed E-state index contributed by atoms with van der Waals surface area (Å²) >= 11 is 0. The van der Waals surface area contributed by atoms with Gasteiger partial charge in [-0.1, -0.05) is 36.4 Å². The monoisotopic (exact) mass is 559 g/mol. The van der Waals surface area contributed by atoms with Gasteiger partial charge in [0.05, 0.1) is 36.8 Å². The SMILES string of the molecule is CN1CC[C@@H](F)[C@H]1COc1nc2c(c(N3CCN(C(=O)O)C(CC#N)C3)n1)CCN(c1cccc3ccccc13)C2. The first-order chi connectivity index (χ1) is 19.9. The van der Waals surface area contributed by atoms with Crippen LogP contribution >= 0.6 is 0 Å². The molecule has 2 saturated heterocycles. The molecule has 3 aliphatic heterocycles. The number of amides is 1. The second-order valence-corrected chi connectivity index (χ2v) is 11.0. The first kappa shape index (κ1) is 27.0. The summed E-state index contributed by atoms with van der Waals surface area (Å²) in [7, 11) is 1.89. The number of hydrogen-bond donors (Lipinski definition) is 1. The molecule has 41 heavy (non-hydrogen) atoms. The largest absolute Gasteiger partial charge is 0.465 e. The van der Waals surface area contributed by atoms with Crippen LogP contribution in [0.15, 0.2) is 42.5 Å². The first-order valence-corrected chi connectivity index (χ1v) is 14.1. The molecule has 1 amide bonds. The number of nitrogens with zero attached hydrogens (tertiary/aromatic N) is 7. The zero-order chi connectivity index (χ0) is 28.5. The lowest BCUT2D eigenvalue weighted by Crippen LogP contribution is -2.55. The highest BCUT2D eigenvalue weighted by Crippen LogP contribution is 2.35. The number of fused-ring (bicyclic) bond motifs is 2. The average Bonchev–Trinajstić information content (AvgIpc) is 3.31. The molecular weight excluding hydrogens is 525 g/mol. The minimum atomic E-state index is -1.02. The van der Waals surface area contributed by atoms with E-state index in [9.17, 15) is 19.6 Å². The Bertz CT molecular complexity index is 1460. The zero-order valence-corrected chi connectivity index (χ0v) is 23.1. The summed E-state index contributed by atoms with van der Waals surface area (Å²) in [5.74, 6) is 0.715. The van der Waals surface area contributed by atoms with Crippen molar-refractivity contribution >= 4 is 28.4 Å². The number of halogens is 1. The molecule has 0 spiro atoms. The molecule has 0 bridgehead atoms. The van der Waals surface area contributed by atoms with Crippen molar-refractivity contribution in [1.29, 1.82) is 5.26 Å². The van der Waals surface area contributed by atoms with E-state index < -0.39 is 18.3 Å². The first-order valence-electron chi connectivity index (χ1n) is 14.1. The van der Waals surface area contributed by atoms with Crippen molar-refractivity contribution in [2.45, 2.75) is 44.1 Å². The van der Waals surface area contributed by atoms with E-state index >= 15 is 0 Å². The number of nitriles is 1. The number of ether oxygens (including phenoxy) is 1. The van der Waals surface area contributed by atoms with Crippen molar-refractivity contribution in [2.24, 2.45) is 0 Å². The van der Waals surface area contributed by atoms with Crippen LogP contribution < -0.4 is 14.5 Å². The molecule has 0 aliphatic carbocycles. The molecule has 1 aromatic heterocycles. The molecule has 214 valence electrons. The molecular formula is C30H34FN7O3. The Kier molecular flexibility index (Phi) is 7.49. The van der Waals surface area contributed by atoms with Crippen LogP contribution in [0.5, 0.6) is 6.01 Å². The van der Waals surface area contributed by atoms with Gasteiger partial charge in [0.2, 0.25) is 0 Å². The predicted molar refractivity (Wildman–Crippen MR) is 153 cm³/mol. The van der Waals surface area contributed by atoms with Crippen molar-refractivity contribution < 1.29 is 19.0 Å². The topological polar surface area (TPSA) is 109 Å². The number of likely N-dealkylation sites (N-methyl/N-ethyl adjacent to an activating group) is 1. The number of hydrogen-bond acceptors (Lipinski definition) is 8. The summed E-state index contributed by atoms with van der Waals surface area (Å²) in [5, 5.41) is 21.4. The Morgan fingerprint density at radius 2 is 1.95 bits per heavy atom. The fourth-order valence-electron chi connectivity index (χ4n) is 6.34. The Balaban J connectivity index is 1.33. The number of rotatable bonds is 6. The quantitative estimate of drug-likeness (QED) is 0.484. The summed E-state index contributed by atoms with van der Waals surface area (Å²) in [6.07, 6.45) is -0.705. The van der Waals surface area contributed by atoms with Gasteiger partial charge in [0.15, 0.2) is 0 Å². The highest BCUT2D eigenvalue weighted by atomic mass is 19.1. The van der Waals surface area contributed by atoms with Gasteiger partial charge in [-0.2, -0.15) is 15.2 Å². The predicted octanol–water partition coefficient (Wildman–Crippen LogP) is 3.70. The van der Waals surface area contributed by atoms with Crippen LogP contribution in [0.2, 0.25) is 0 Å². The van der Waals surface area contributed by atoms with E-state index in [0.29, 0.717) is 44.8 Å². The van der Waals surface area contributed by atoms with E-state index in [4.69, 9.17) is 14.7 Å². The summed E-state index contributed by atoms with van der Waals surface area (Å²) in [6, 6.07) is 16.1. The number of anilines is 2. The third-order valence-electron chi connectivity index (χ3n) is 8.61. The lowest BCUT2D eigenvalue weighted by Gasteiger charge is -2.41. The van der Waals surface area contributed by atoms with Gasteiger partial charge in [-0.25, -0.2) is 9.18 Å². The van der Waals surface area contributed by atoms with Crippen molar-refractivity contribution in [3.05, 3.63) is 53.7 Å². The molecule has 3 aliphatic rings. The van der Waals surface area contributed by atoms with Crippen LogP contribution in [0.1, 0.15) is 24.1 Å². The number of piperazine rings is 1. The van der Waals surface area contributed by atoms with E-state index in [0.717, 1.165) is 23.5 Å². The normalized spacial score (nSPS) is 23.0. The maximum atomic E-state index is 14.5. The number of benzene rings is 2. The third-order valence-corrected chi connectivity index (χ3v) is 8.61. The Hall–Kier alpha value is -4.17. The molecule has 1 unspecified atom stereocenters. The molecule has 4 heterocycles. The van der Waals surface area contributed by atoms with Gasteiger partial charge in [-0.05, 0) is 31.3 Å². The second-order valence-electron chi connectivity index (χ2n) is 11.0. The van der Waals surface area contributed by atoms with Crippen LogP contribution in [0.3, 0.4) is 0 Å². The molecule has 10 nitrogen and oxygen atoms in total. The summed E-state index contributed by atoms with van der Waals surface area (Å²) in [6.45, 7) is 3.23. The molecule has 11 heteroatoms. The third kappa shape index (κ3) is 5.32. The van der Waals surface area contributed by atoms with Crippen LogP contribution in [-0.2, 0) is 13.0 Å². The van der Waals surface area contributed by atoms with Crippen molar-refractivity contribution in [2.75, 3.05) is 56.2 Å². The van der Waals surface area contributed by atoms with Gasteiger partial charge in [-0.15, -0.1) is 0 Å². The molecule has 1 N–H and O–H groups in total. The second kappa shape index (κ2) is 11.4. The molecule has 3 aromatic rings. The average molecular weight is 560 g/mol. The van der Waals surface area contributed by atoms with Gasteiger partial charge in [-0.3, -0.25) is 4.90 Å². The Morgan fingerprint density at radius 3 is 2.73 bits per heavy atom. The number of alkyl halides is 1. The number of carbonyl (C=O) groups is 1. The zero-order valence-electron chi connectivity index (χ0n) is 23.1. The lowest BCUT2D eigenvalue weighted by atomic mass is 10.0. The van der Waals surface area contributed by atoms with Crippen molar-refractivity contribution in [1.82, 2.24) is 19.8 Å². The van der Waals surface area contributed by atoms with Gasteiger partial charge in [0.25, 0.3) is 0 Å². The molecule has 2 fully saturated rings. The van der Waals surface area contributed by atoms with E-state index in [2.05, 4.69) is 46.2 Å². The van der Waals surface area contributed by atoms with Gasteiger partial charge in [0, 0.05) is 49.4 Å². The minimum Gasteiger partial charge on any atom is -0.465 e. The maximum Gasteiger partial charge on any atom is 0.407 e. The van der Waals surface area contributed by atoms with Crippen LogP contribution in [-0.4, -0.2) is 95.6 Å². The smallest absolute Gasteiger partial charge is 0.407 e. The van der Waals surface area contributed by atoms with Crippen molar-refractivity contribution in [3.63, 3.8) is 0 Å². The van der Waals surface area contributed by atoms with Crippen molar-refractivity contribution in [3.8, 4) is 12.1 Å². The van der Waals surface area contributed by atoms with Crippen LogP contribution in [0.4, 0.5) is 20.7 Å². The molecule has 3 atom stereocenters. The number of carboxylic acid groups (broad SMARTS) is 1. The molecule has 2 aromatic carbocycles. The molecule has 0 radical (unpaired) electrons. The Labute approximate surface area is 238 Å². The Morgan fingerprint density at radius 1 is 1.12 bits per heavy atom. The van der Waals surface area contributed by atoms with E-state index in [1.54, 1.807) is 0 Å². The van der Waals surface area contributed by atoms with Gasteiger partial charge in [0.1, 0.15) is 18.6 Å². The maximum absolute atomic E-state index is 14.5. The van der Waals surface area contributed by atoms with Gasteiger partial charge >= 0.3 is 12.1 Å². The molecule has 6 rings (SSSR count). The van der Waals surface area contributed by atoms with Crippen LogP contribution in [0, 0.1) is 11.3 Å². The fraction of sp³-hybridized carbons (Fsp3) is 0.467. The van der Waals surface area contributed by atoms with E-state index in [1.165, 1.54) is 15.7 Å². The highest BCUT2D eigenvalue weighted by molar-refractivity contribution is 5.94. The van der Waals surface area contributed by atoms with Crippen LogP contribution in [0.25, 0.3) is 10.8 Å².